The third-order valence-electron chi connectivity index (χ3n) is 4.28. The van der Waals surface area contributed by atoms with E-state index in [9.17, 15) is 30.0 Å². The molecule has 29 heavy (non-hydrogen) atoms. The number of hydrogen-bond acceptors (Lipinski definition) is 8. The lowest BCUT2D eigenvalue weighted by atomic mass is 10.0. The summed E-state index contributed by atoms with van der Waals surface area (Å²) in [5, 5.41) is 42.7. The summed E-state index contributed by atoms with van der Waals surface area (Å²) in [7, 11) is 1.26. The van der Waals surface area contributed by atoms with Crippen LogP contribution in [0.5, 0.6) is 28.7 Å². The number of cyclic esters (lactones) is 1. The first-order valence-corrected chi connectivity index (χ1v) is 8.66. The first kappa shape index (κ1) is 20.2. The second-order valence-corrected chi connectivity index (χ2v) is 6.46. The number of amides is 1. The number of carbonyl (C=O) groups excluding carboxylic acids is 2. The van der Waals surface area contributed by atoms with Gasteiger partial charge in [0, 0.05) is 18.6 Å². The van der Waals surface area contributed by atoms with E-state index in [2.05, 4.69) is 5.32 Å². The molecule has 2 aromatic carbocycles. The lowest BCUT2D eigenvalue weighted by Gasteiger charge is -2.14. The molecule has 152 valence electrons. The number of benzene rings is 2. The van der Waals surface area contributed by atoms with Crippen molar-refractivity contribution in [1.29, 1.82) is 0 Å². The van der Waals surface area contributed by atoms with Crippen LogP contribution in [0.15, 0.2) is 18.4 Å². The number of phenols is 4. The molecule has 0 aliphatic carbocycles. The van der Waals surface area contributed by atoms with Gasteiger partial charge >= 0.3 is 5.97 Å². The lowest BCUT2D eigenvalue weighted by molar-refractivity contribution is -0.116. The summed E-state index contributed by atoms with van der Waals surface area (Å²) in [5.41, 5.74) is -0.435. The smallest absolute Gasteiger partial charge is 0.347 e. The van der Waals surface area contributed by atoms with Crippen LogP contribution in [0.1, 0.15) is 27.9 Å². The van der Waals surface area contributed by atoms with Gasteiger partial charge < -0.3 is 35.2 Å². The number of hydrogen-bond donors (Lipinski definition) is 5. The van der Waals surface area contributed by atoms with Crippen molar-refractivity contribution in [3.05, 3.63) is 40.1 Å². The zero-order valence-corrected chi connectivity index (χ0v) is 15.8. The highest BCUT2D eigenvalue weighted by Gasteiger charge is 2.25. The molecule has 1 aliphatic rings. The van der Waals surface area contributed by atoms with Gasteiger partial charge in [0.2, 0.25) is 5.91 Å². The normalized spacial score (nSPS) is 14.0. The van der Waals surface area contributed by atoms with Gasteiger partial charge in [-0.1, -0.05) is 11.6 Å². The number of aromatic hydroxyl groups is 4. The molecule has 3 rings (SSSR count). The number of anilines is 1. The fourth-order valence-corrected chi connectivity index (χ4v) is 3.19. The van der Waals surface area contributed by atoms with E-state index in [0.717, 1.165) is 24.5 Å². The van der Waals surface area contributed by atoms with Crippen LogP contribution in [0.3, 0.4) is 0 Å². The quantitative estimate of drug-likeness (QED) is 0.268. The molecule has 5 N–H and O–H groups in total. The molecule has 0 saturated heterocycles. The summed E-state index contributed by atoms with van der Waals surface area (Å²) in [6.07, 6.45) is 1.69. The predicted octanol–water partition coefficient (Wildman–Crippen LogP) is 2.88. The summed E-state index contributed by atoms with van der Waals surface area (Å²) in [4.78, 5) is 24.8. The van der Waals surface area contributed by atoms with E-state index in [0.29, 0.717) is 0 Å². The number of rotatable bonds is 1. The number of halogens is 1. The molecule has 9 nitrogen and oxygen atoms in total. The van der Waals surface area contributed by atoms with Crippen molar-refractivity contribution < 1.29 is 39.5 Å². The first-order chi connectivity index (χ1) is 13.7. The molecular formula is C19H16ClNO8. The summed E-state index contributed by atoms with van der Waals surface area (Å²) < 4.78 is 10.0. The lowest BCUT2D eigenvalue weighted by Crippen LogP contribution is -2.14. The van der Waals surface area contributed by atoms with Crippen molar-refractivity contribution in [2.45, 2.75) is 12.8 Å². The third-order valence-corrected chi connectivity index (χ3v) is 4.71. The highest BCUT2D eigenvalue weighted by molar-refractivity contribution is 6.33. The zero-order valence-electron chi connectivity index (χ0n) is 15.0. The molecule has 10 heteroatoms. The number of methoxy groups -OCH3 is 1. The predicted molar refractivity (Wildman–Crippen MR) is 103 cm³/mol. The first-order valence-electron chi connectivity index (χ1n) is 8.28. The minimum atomic E-state index is -1.01. The van der Waals surface area contributed by atoms with E-state index in [-0.39, 0.29) is 51.7 Å². The van der Waals surface area contributed by atoms with Crippen LogP contribution in [-0.2, 0) is 16.0 Å². The van der Waals surface area contributed by atoms with Gasteiger partial charge in [0.15, 0.2) is 11.5 Å². The van der Waals surface area contributed by atoms with Crippen molar-refractivity contribution in [3.8, 4) is 28.7 Å². The van der Waals surface area contributed by atoms with E-state index in [1.54, 1.807) is 0 Å². The van der Waals surface area contributed by atoms with Crippen LogP contribution in [0.4, 0.5) is 5.69 Å². The van der Waals surface area contributed by atoms with Crippen LogP contribution in [-0.4, -0.2) is 39.4 Å². The van der Waals surface area contributed by atoms with E-state index in [1.807, 2.05) is 0 Å². The van der Waals surface area contributed by atoms with Crippen molar-refractivity contribution in [1.82, 2.24) is 0 Å². The third kappa shape index (κ3) is 3.72. The molecule has 0 saturated carbocycles. The molecule has 0 radical (unpaired) electrons. The Labute approximate surface area is 169 Å². The average molecular weight is 422 g/mol. The van der Waals surface area contributed by atoms with Gasteiger partial charge in [0.25, 0.3) is 0 Å². The van der Waals surface area contributed by atoms with Crippen molar-refractivity contribution >= 4 is 35.2 Å². The summed E-state index contributed by atoms with van der Waals surface area (Å²) in [6, 6.07) is 1.99. The minimum absolute atomic E-state index is 0.0216. The molecular weight excluding hydrogens is 406 g/mol. The van der Waals surface area contributed by atoms with Crippen LogP contribution in [0, 0.1) is 0 Å². The Kier molecular flexibility index (Phi) is 5.42. The molecule has 1 aliphatic heterocycles. The number of nitrogens with one attached hydrogen (secondary N) is 1. The Morgan fingerprint density at radius 2 is 1.79 bits per heavy atom. The largest absolute Gasteiger partial charge is 0.507 e. The maximum Gasteiger partial charge on any atom is 0.347 e. The highest BCUT2D eigenvalue weighted by atomic mass is 35.5. The Bertz CT molecular complexity index is 1050. The maximum absolute atomic E-state index is 12.5. The van der Waals surface area contributed by atoms with Gasteiger partial charge in [-0.25, -0.2) is 4.79 Å². The van der Waals surface area contributed by atoms with Gasteiger partial charge in [-0.2, -0.15) is 0 Å². The molecule has 0 aromatic heterocycles. The molecule has 2 bridgehead atoms. The number of carbonyl (C=O) groups is 2. The highest BCUT2D eigenvalue weighted by Crippen LogP contribution is 2.43. The van der Waals surface area contributed by atoms with Crippen LogP contribution < -0.4 is 10.1 Å². The molecule has 0 unspecified atom stereocenters. The topological polar surface area (TPSA) is 146 Å². The Morgan fingerprint density at radius 3 is 2.48 bits per heavy atom. The molecule has 0 fully saturated rings. The fraction of sp³-hybridized carbons (Fsp3) is 0.158. The standard InChI is InChI=1S/C19H16ClNO8/c1-28-18-9-4-5-29-19(27)15-8(16(20)12(23)7-11(15)22)2-3-14(25)21-10(17(9)26)6-13(18)24/h4-7,22-24,26H,2-3H2,1H3,(H,21,25). The van der Waals surface area contributed by atoms with Gasteiger partial charge in [-0.15, -0.1) is 0 Å². The molecule has 1 amide bonds. The van der Waals surface area contributed by atoms with E-state index in [1.165, 1.54) is 7.11 Å². The molecule has 2 aromatic rings. The number of fused-ring (bicyclic) bond motifs is 3. The number of ether oxygens (including phenoxy) is 2. The van der Waals surface area contributed by atoms with Gasteiger partial charge in [0.1, 0.15) is 22.8 Å². The summed E-state index contributed by atoms with van der Waals surface area (Å²) in [6.45, 7) is 0. The second kappa shape index (κ2) is 7.80. The van der Waals surface area contributed by atoms with Crippen LogP contribution >= 0.6 is 11.6 Å². The number of phenolic OH excluding ortho intramolecular Hbond substituents is 4. The van der Waals surface area contributed by atoms with Crippen molar-refractivity contribution in [3.63, 3.8) is 0 Å². The monoisotopic (exact) mass is 421 g/mol. The van der Waals surface area contributed by atoms with Gasteiger partial charge in [-0.3, -0.25) is 4.79 Å². The molecule has 0 spiro atoms. The Morgan fingerprint density at radius 1 is 1.07 bits per heavy atom. The van der Waals surface area contributed by atoms with Crippen molar-refractivity contribution in [2.24, 2.45) is 0 Å². The summed E-state index contributed by atoms with van der Waals surface area (Å²) in [5.74, 6) is -3.53. The average Bonchev–Trinajstić information content (AvgIpc) is 2.66. The molecule has 1 heterocycles. The van der Waals surface area contributed by atoms with Crippen LogP contribution in [0.25, 0.3) is 6.08 Å². The zero-order chi connectivity index (χ0) is 21.3. The van der Waals surface area contributed by atoms with E-state index >= 15 is 0 Å². The van der Waals surface area contributed by atoms with E-state index in [4.69, 9.17) is 21.1 Å². The Balaban J connectivity index is 2.15. The fourth-order valence-electron chi connectivity index (χ4n) is 2.95. The summed E-state index contributed by atoms with van der Waals surface area (Å²) >= 11 is 6.06. The SMILES string of the molecule is COc1c(O)cc2c(O)c1C=COC(=O)c1c(O)cc(O)c(Cl)c1CCC(=O)N2. The van der Waals surface area contributed by atoms with Gasteiger partial charge in [0.05, 0.1) is 29.6 Å². The van der Waals surface area contributed by atoms with E-state index < -0.39 is 29.1 Å². The molecule has 0 atom stereocenters. The van der Waals surface area contributed by atoms with Crippen LogP contribution in [0.2, 0.25) is 5.02 Å². The second-order valence-electron chi connectivity index (χ2n) is 6.08. The Hall–Kier alpha value is -3.59. The minimum Gasteiger partial charge on any atom is -0.507 e. The maximum atomic E-state index is 12.5. The number of esters is 1. The van der Waals surface area contributed by atoms with Crippen molar-refractivity contribution in [2.75, 3.05) is 12.4 Å². The van der Waals surface area contributed by atoms with Gasteiger partial charge in [-0.05, 0) is 18.1 Å².